The molecule has 1 aromatic heterocycles. The van der Waals surface area contributed by atoms with E-state index < -0.39 is 29.1 Å². The van der Waals surface area contributed by atoms with E-state index in [0.29, 0.717) is 23.9 Å². The van der Waals surface area contributed by atoms with Gasteiger partial charge < -0.3 is 5.11 Å². The van der Waals surface area contributed by atoms with Crippen LogP contribution in [0, 0.1) is 29.1 Å². The summed E-state index contributed by atoms with van der Waals surface area (Å²) in [4.78, 5) is 60.4. The van der Waals surface area contributed by atoms with E-state index in [0.717, 1.165) is 21.4 Å². The molecule has 4 aliphatic rings. The van der Waals surface area contributed by atoms with E-state index in [2.05, 4.69) is 6.08 Å². The number of amides is 4. The van der Waals surface area contributed by atoms with Gasteiger partial charge in [-0.3, -0.25) is 24.1 Å². The molecule has 8 heteroatoms. The normalized spacial score (nSPS) is 29.6. The molecule has 0 spiro atoms. The number of phenols is 1. The molecule has 220 valence electrons. The number of imide groups is 2. The number of carbonyl (C=O) groups excluding carboxylic acids is 4. The molecule has 0 radical (unpaired) electrons. The van der Waals surface area contributed by atoms with Crippen LogP contribution in [0.4, 0.5) is 5.69 Å². The number of nitrogens with zero attached hydrogens (tertiary/aromatic N) is 2. The minimum absolute atomic E-state index is 0.136. The van der Waals surface area contributed by atoms with Gasteiger partial charge in [0.05, 0.1) is 35.4 Å². The highest BCUT2D eigenvalue weighted by Gasteiger charge is 2.67. The zero-order chi connectivity index (χ0) is 30.3. The van der Waals surface area contributed by atoms with Gasteiger partial charge in [0.1, 0.15) is 5.75 Å². The van der Waals surface area contributed by atoms with Crippen molar-refractivity contribution in [3.05, 3.63) is 106 Å². The largest absolute Gasteiger partial charge is 0.507 e. The number of anilines is 1. The summed E-state index contributed by atoms with van der Waals surface area (Å²) in [7, 11) is 0. The smallest absolute Gasteiger partial charge is 0.241 e. The Kier molecular flexibility index (Phi) is 5.97. The number of benzene rings is 3. The van der Waals surface area contributed by atoms with E-state index in [1.54, 1.807) is 18.2 Å². The van der Waals surface area contributed by atoms with Crippen molar-refractivity contribution in [2.75, 3.05) is 4.90 Å². The van der Waals surface area contributed by atoms with Crippen molar-refractivity contribution in [3.8, 4) is 5.75 Å². The van der Waals surface area contributed by atoms with E-state index in [-0.39, 0.29) is 41.8 Å². The molecule has 8 rings (SSSR count). The third kappa shape index (κ3) is 3.60. The molecule has 1 N–H and O–H groups in total. The Bertz CT molecular complexity index is 1900. The number of thiophene rings is 1. The Morgan fingerprint density at radius 2 is 1.59 bits per heavy atom. The fraction of sp³-hybridized carbons (Fsp3) is 0.278. The summed E-state index contributed by atoms with van der Waals surface area (Å²) in [5, 5.41) is 14.1. The first-order valence-electron chi connectivity index (χ1n) is 15.0. The number of allylic oxidation sites excluding steroid dienone is 2. The zero-order valence-corrected chi connectivity index (χ0v) is 24.9. The predicted molar refractivity (Wildman–Crippen MR) is 167 cm³/mol. The van der Waals surface area contributed by atoms with Crippen molar-refractivity contribution in [3.63, 3.8) is 0 Å². The lowest BCUT2D eigenvalue weighted by Crippen LogP contribution is -2.48. The molecule has 3 heterocycles. The van der Waals surface area contributed by atoms with Gasteiger partial charge >= 0.3 is 0 Å². The third-order valence-corrected chi connectivity index (χ3v) is 11.4. The van der Waals surface area contributed by atoms with Crippen LogP contribution in [0.1, 0.15) is 36.1 Å². The maximum Gasteiger partial charge on any atom is 0.241 e. The number of fused-ring (bicyclic) bond motifs is 5. The summed E-state index contributed by atoms with van der Waals surface area (Å²) in [5.74, 6) is -3.44. The van der Waals surface area contributed by atoms with Gasteiger partial charge in [-0.05, 0) is 66.3 Å². The van der Waals surface area contributed by atoms with Gasteiger partial charge in [-0.15, -0.1) is 11.3 Å². The maximum absolute atomic E-state index is 14.6. The molecular weight excluding hydrogens is 572 g/mol. The molecule has 1 saturated carbocycles. The van der Waals surface area contributed by atoms with Gasteiger partial charge in [-0.2, -0.15) is 0 Å². The van der Waals surface area contributed by atoms with E-state index in [1.807, 2.05) is 73.0 Å². The Labute approximate surface area is 258 Å². The lowest BCUT2D eigenvalue weighted by atomic mass is 9.51. The first-order valence-corrected chi connectivity index (χ1v) is 15.9. The zero-order valence-electron chi connectivity index (χ0n) is 24.1. The van der Waals surface area contributed by atoms with Gasteiger partial charge in [-0.25, -0.2) is 4.90 Å². The highest BCUT2D eigenvalue weighted by molar-refractivity contribution is 7.09. The molecule has 3 aromatic carbocycles. The van der Waals surface area contributed by atoms with Crippen molar-refractivity contribution in [1.82, 2.24) is 4.90 Å². The first kappa shape index (κ1) is 27.0. The van der Waals surface area contributed by atoms with Crippen molar-refractivity contribution >= 4 is 51.4 Å². The number of hydrogen-bond acceptors (Lipinski definition) is 6. The lowest BCUT2D eigenvalue weighted by molar-refractivity contribution is -0.141. The topological polar surface area (TPSA) is 95.0 Å². The molecule has 4 amide bonds. The van der Waals surface area contributed by atoms with Crippen LogP contribution >= 0.6 is 11.3 Å². The second-order valence-corrected chi connectivity index (χ2v) is 13.6. The highest BCUT2D eigenvalue weighted by Crippen LogP contribution is 2.64. The second-order valence-electron chi connectivity index (χ2n) is 12.6. The van der Waals surface area contributed by atoms with Crippen LogP contribution in [-0.2, 0) is 25.7 Å². The molecule has 2 saturated heterocycles. The van der Waals surface area contributed by atoms with Gasteiger partial charge in [0.15, 0.2) is 0 Å². The molecule has 2 aliphatic heterocycles. The lowest BCUT2D eigenvalue weighted by Gasteiger charge is -2.49. The molecular formula is C36H30N2O5S. The van der Waals surface area contributed by atoms with E-state index in [1.165, 1.54) is 21.1 Å². The number of hydrogen-bond donors (Lipinski definition) is 1. The minimum atomic E-state index is -1.13. The molecule has 3 fully saturated rings. The third-order valence-electron chi connectivity index (χ3n) is 10.5. The van der Waals surface area contributed by atoms with E-state index >= 15 is 0 Å². The summed E-state index contributed by atoms with van der Waals surface area (Å²) >= 11 is 1.51. The minimum Gasteiger partial charge on any atom is -0.507 e. The average molecular weight is 603 g/mol. The number of aromatic hydroxyl groups is 1. The molecule has 6 unspecified atom stereocenters. The number of carbonyl (C=O) groups is 4. The predicted octanol–water partition coefficient (Wildman–Crippen LogP) is 6.04. The quantitative estimate of drug-likeness (QED) is 0.227. The van der Waals surface area contributed by atoms with Crippen LogP contribution in [0.3, 0.4) is 0 Å². The Hall–Kier alpha value is -4.56. The van der Waals surface area contributed by atoms with Crippen molar-refractivity contribution in [2.24, 2.45) is 29.1 Å². The SMILES string of the molecule is CC12C(=O)N(c3ccccc3)C(=O)C1CC1C(=CCC3C(=O)N(Cc4cccs4)C(=O)C31)C2c1ccc(O)c2ccccc12. The highest BCUT2D eigenvalue weighted by atomic mass is 32.1. The molecule has 6 atom stereocenters. The summed E-state index contributed by atoms with van der Waals surface area (Å²) in [6.45, 7) is 2.14. The van der Waals surface area contributed by atoms with Crippen molar-refractivity contribution in [2.45, 2.75) is 32.2 Å². The van der Waals surface area contributed by atoms with E-state index in [4.69, 9.17) is 0 Å². The monoisotopic (exact) mass is 602 g/mol. The fourth-order valence-electron chi connectivity index (χ4n) is 8.52. The molecule has 0 bridgehead atoms. The van der Waals surface area contributed by atoms with Crippen molar-refractivity contribution < 1.29 is 24.3 Å². The first-order chi connectivity index (χ1) is 21.3. The molecule has 4 aromatic rings. The maximum atomic E-state index is 14.6. The van der Waals surface area contributed by atoms with E-state index in [9.17, 15) is 24.3 Å². The second kappa shape index (κ2) is 9.72. The van der Waals surface area contributed by atoms with Crippen molar-refractivity contribution in [1.29, 1.82) is 0 Å². The standard InChI is InChI=1S/C36H30N2O5S/c1-36-28(33(41)38(35(36)43)20-8-3-2-4-9-20)18-27-25(31(36)24-15-16-29(39)23-12-6-5-11-22(23)24)13-14-26-30(27)34(42)37(32(26)40)19-21-10-7-17-44-21/h2-13,15-17,26-28,30-31,39H,14,18-19H2,1H3. The van der Waals surface area contributed by atoms with Crippen LogP contribution < -0.4 is 4.90 Å². The van der Waals surface area contributed by atoms with Crippen LogP contribution in [0.5, 0.6) is 5.75 Å². The Balaban J connectivity index is 1.30. The molecule has 7 nitrogen and oxygen atoms in total. The average Bonchev–Trinajstić information content (AvgIpc) is 3.69. The summed E-state index contributed by atoms with van der Waals surface area (Å²) in [5.41, 5.74) is 1.17. The van der Waals surface area contributed by atoms with Gasteiger partial charge in [0.2, 0.25) is 23.6 Å². The van der Waals surface area contributed by atoms with Crippen LogP contribution in [0.25, 0.3) is 10.8 Å². The Morgan fingerprint density at radius 3 is 2.34 bits per heavy atom. The number of rotatable bonds is 4. The van der Waals surface area contributed by atoms with Crippen LogP contribution in [-0.4, -0.2) is 33.6 Å². The number of phenolic OH excluding ortho intramolecular Hbond substituents is 1. The van der Waals surface area contributed by atoms with Crippen LogP contribution in [0.2, 0.25) is 0 Å². The van der Waals surface area contributed by atoms with Gasteiger partial charge in [0.25, 0.3) is 0 Å². The van der Waals surface area contributed by atoms with Crippen LogP contribution in [0.15, 0.2) is 95.9 Å². The summed E-state index contributed by atoms with van der Waals surface area (Å²) in [6.07, 6.45) is 2.79. The Morgan fingerprint density at radius 1 is 0.841 bits per heavy atom. The fourth-order valence-corrected chi connectivity index (χ4v) is 9.21. The van der Waals surface area contributed by atoms with Gasteiger partial charge in [0, 0.05) is 16.2 Å². The number of likely N-dealkylation sites (tertiary alicyclic amines) is 1. The molecule has 2 aliphatic carbocycles. The summed E-state index contributed by atoms with van der Waals surface area (Å²) < 4.78 is 0. The van der Waals surface area contributed by atoms with Gasteiger partial charge in [-0.1, -0.05) is 66.2 Å². The number of para-hydroxylation sites is 1. The molecule has 44 heavy (non-hydrogen) atoms. The summed E-state index contributed by atoms with van der Waals surface area (Å²) in [6, 6.07) is 23.9.